The largest absolute Gasteiger partial charge is 0.494 e. The van der Waals surface area contributed by atoms with Gasteiger partial charge >= 0.3 is 0 Å². The van der Waals surface area contributed by atoms with Gasteiger partial charge < -0.3 is 19.3 Å². The van der Waals surface area contributed by atoms with E-state index in [-0.39, 0.29) is 12.9 Å². The highest BCUT2D eigenvalue weighted by molar-refractivity contribution is 5.31. The van der Waals surface area contributed by atoms with Gasteiger partial charge in [-0.05, 0) is 43.4 Å². The molecule has 0 bridgehead atoms. The van der Waals surface area contributed by atoms with Crippen molar-refractivity contribution in [2.24, 2.45) is 0 Å². The number of unbranched alkanes of at least 4 members (excludes halogenated alkanes) is 15. The zero-order valence-electron chi connectivity index (χ0n) is 23.7. The first kappa shape index (κ1) is 31.7. The van der Waals surface area contributed by atoms with Crippen LogP contribution in [0.5, 0.6) is 5.75 Å². The van der Waals surface area contributed by atoms with Crippen LogP contribution in [0.4, 0.5) is 0 Å². The van der Waals surface area contributed by atoms with Gasteiger partial charge in [0.05, 0.1) is 6.61 Å². The molecule has 0 radical (unpaired) electrons. The molecule has 0 spiro atoms. The van der Waals surface area contributed by atoms with Crippen molar-refractivity contribution in [2.45, 2.75) is 141 Å². The second kappa shape index (κ2) is 22.4. The molecule has 1 fully saturated rings. The van der Waals surface area contributed by atoms with Crippen LogP contribution in [-0.2, 0) is 9.47 Å². The van der Waals surface area contributed by atoms with Gasteiger partial charge in [0.1, 0.15) is 18.5 Å². The highest BCUT2D eigenvalue weighted by Gasteiger charge is 2.13. The number of aliphatic hydroxyl groups is 1. The van der Waals surface area contributed by atoms with E-state index in [0.29, 0.717) is 0 Å². The maximum absolute atomic E-state index is 10.3. The van der Waals surface area contributed by atoms with Gasteiger partial charge in [-0.15, -0.1) is 0 Å². The summed E-state index contributed by atoms with van der Waals surface area (Å²) in [4.78, 5) is 0. The summed E-state index contributed by atoms with van der Waals surface area (Å²) < 4.78 is 17.0. The third-order valence-corrected chi connectivity index (χ3v) is 7.18. The molecule has 37 heavy (non-hydrogen) atoms. The summed E-state index contributed by atoms with van der Waals surface area (Å²) in [6.07, 6.45) is 24.2. The molecule has 0 aromatic heterocycles. The van der Waals surface area contributed by atoms with E-state index in [4.69, 9.17) is 14.2 Å². The van der Waals surface area contributed by atoms with Crippen molar-refractivity contribution >= 4 is 0 Å². The fourth-order valence-electron chi connectivity index (χ4n) is 4.79. The van der Waals surface area contributed by atoms with Crippen LogP contribution in [0.25, 0.3) is 0 Å². The SMILES string of the molecule is CCCCCCCCCCCCCCCCCCOc1ccc(C(O)C#CCOC2CCCCO2)cc1. The topological polar surface area (TPSA) is 47.9 Å². The maximum Gasteiger partial charge on any atom is 0.158 e. The van der Waals surface area contributed by atoms with Gasteiger partial charge in [-0.25, -0.2) is 0 Å². The Kier molecular flexibility index (Phi) is 19.2. The average Bonchev–Trinajstić information content (AvgIpc) is 2.93. The smallest absolute Gasteiger partial charge is 0.158 e. The molecule has 0 aliphatic carbocycles. The molecule has 4 heteroatoms. The van der Waals surface area contributed by atoms with E-state index in [0.717, 1.165) is 50.2 Å². The van der Waals surface area contributed by atoms with Crippen molar-refractivity contribution in [1.82, 2.24) is 0 Å². The molecule has 1 N–H and O–H groups in total. The van der Waals surface area contributed by atoms with Crippen LogP contribution in [0.15, 0.2) is 24.3 Å². The van der Waals surface area contributed by atoms with Crippen molar-refractivity contribution in [3.8, 4) is 17.6 Å². The van der Waals surface area contributed by atoms with E-state index in [1.165, 1.54) is 96.3 Å². The third-order valence-electron chi connectivity index (χ3n) is 7.18. The number of ether oxygens (including phenoxy) is 3. The van der Waals surface area contributed by atoms with Gasteiger partial charge in [0, 0.05) is 6.61 Å². The number of hydrogen-bond acceptors (Lipinski definition) is 4. The van der Waals surface area contributed by atoms with Crippen LogP contribution in [-0.4, -0.2) is 31.2 Å². The van der Waals surface area contributed by atoms with Gasteiger partial charge in [0.2, 0.25) is 0 Å². The van der Waals surface area contributed by atoms with Crippen LogP contribution in [0.1, 0.15) is 141 Å². The van der Waals surface area contributed by atoms with Crippen molar-refractivity contribution in [2.75, 3.05) is 19.8 Å². The minimum atomic E-state index is -0.815. The molecular weight excluding hydrogens is 460 g/mol. The predicted octanol–water partition coefficient (Wildman–Crippen LogP) is 8.91. The molecule has 1 saturated heterocycles. The summed E-state index contributed by atoms with van der Waals surface area (Å²) in [7, 11) is 0. The van der Waals surface area contributed by atoms with Crippen molar-refractivity contribution in [3.63, 3.8) is 0 Å². The minimum Gasteiger partial charge on any atom is -0.494 e. The second-order valence-corrected chi connectivity index (χ2v) is 10.6. The Hall–Kier alpha value is -1.54. The lowest BCUT2D eigenvalue weighted by Gasteiger charge is -2.21. The minimum absolute atomic E-state index is 0.147. The van der Waals surface area contributed by atoms with Crippen molar-refractivity contribution < 1.29 is 19.3 Å². The lowest BCUT2D eigenvalue weighted by molar-refractivity contribution is -0.154. The van der Waals surface area contributed by atoms with E-state index in [1.54, 1.807) is 0 Å². The molecule has 4 nitrogen and oxygen atoms in total. The van der Waals surface area contributed by atoms with Gasteiger partial charge in [-0.2, -0.15) is 0 Å². The van der Waals surface area contributed by atoms with Gasteiger partial charge in [0.15, 0.2) is 6.29 Å². The summed E-state index contributed by atoms with van der Waals surface area (Å²) in [6.45, 7) is 4.08. The molecule has 210 valence electrons. The lowest BCUT2D eigenvalue weighted by Crippen LogP contribution is -2.22. The zero-order valence-corrected chi connectivity index (χ0v) is 23.7. The van der Waals surface area contributed by atoms with Crippen LogP contribution in [0.3, 0.4) is 0 Å². The lowest BCUT2D eigenvalue weighted by atomic mass is 10.0. The number of aliphatic hydroxyl groups excluding tert-OH is 1. The molecule has 1 aliphatic heterocycles. The van der Waals surface area contributed by atoms with E-state index in [2.05, 4.69) is 18.8 Å². The quantitative estimate of drug-likeness (QED) is 0.131. The normalized spacial score (nSPS) is 16.2. The Labute approximate surface area is 227 Å². The van der Waals surface area contributed by atoms with Crippen LogP contribution >= 0.6 is 0 Å². The van der Waals surface area contributed by atoms with E-state index >= 15 is 0 Å². The van der Waals surface area contributed by atoms with Crippen molar-refractivity contribution in [3.05, 3.63) is 29.8 Å². The Balaban J connectivity index is 1.39. The monoisotopic (exact) mass is 514 g/mol. The van der Waals surface area contributed by atoms with Gasteiger partial charge in [-0.3, -0.25) is 0 Å². The summed E-state index contributed by atoms with van der Waals surface area (Å²) in [5.41, 5.74) is 0.774. The summed E-state index contributed by atoms with van der Waals surface area (Å²) in [5, 5.41) is 10.3. The van der Waals surface area contributed by atoms with E-state index in [1.807, 2.05) is 24.3 Å². The van der Waals surface area contributed by atoms with E-state index < -0.39 is 6.10 Å². The number of rotatable bonds is 21. The highest BCUT2D eigenvalue weighted by atomic mass is 16.7. The van der Waals surface area contributed by atoms with Gasteiger partial charge in [-0.1, -0.05) is 127 Å². The molecule has 1 heterocycles. The predicted molar refractivity (Wildman–Crippen MR) is 154 cm³/mol. The van der Waals surface area contributed by atoms with Crippen LogP contribution in [0, 0.1) is 11.8 Å². The first-order chi connectivity index (χ1) is 18.3. The number of hydrogen-bond donors (Lipinski definition) is 1. The molecule has 2 rings (SSSR count). The Morgan fingerprint density at radius 2 is 1.38 bits per heavy atom. The molecule has 1 aromatic carbocycles. The first-order valence-corrected chi connectivity index (χ1v) is 15.4. The molecule has 0 amide bonds. The van der Waals surface area contributed by atoms with Crippen LogP contribution < -0.4 is 4.74 Å². The van der Waals surface area contributed by atoms with Crippen LogP contribution in [0.2, 0.25) is 0 Å². The standard InChI is InChI=1S/C33H54O4/c1-2-3-4-5-6-7-8-9-10-11-12-13-14-15-16-18-27-35-31-25-23-30(24-26-31)32(34)21-20-29-37-33-22-17-19-28-36-33/h23-26,32-34H,2-19,22,27-29H2,1H3. The summed E-state index contributed by atoms with van der Waals surface area (Å²) in [5.74, 6) is 6.59. The summed E-state index contributed by atoms with van der Waals surface area (Å²) >= 11 is 0. The average molecular weight is 515 g/mol. The highest BCUT2D eigenvalue weighted by Crippen LogP contribution is 2.19. The third kappa shape index (κ3) is 16.8. The van der Waals surface area contributed by atoms with E-state index in [9.17, 15) is 5.11 Å². The molecule has 1 aliphatic rings. The molecule has 1 aromatic rings. The number of benzene rings is 1. The second-order valence-electron chi connectivity index (χ2n) is 10.6. The first-order valence-electron chi connectivity index (χ1n) is 15.4. The Morgan fingerprint density at radius 1 is 0.811 bits per heavy atom. The maximum atomic E-state index is 10.3. The van der Waals surface area contributed by atoms with Gasteiger partial charge in [0.25, 0.3) is 0 Å². The molecule has 2 unspecified atom stereocenters. The Bertz CT molecular complexity index is 699. The molecule has 0 saturated carbocycles. The Morgan fingerprint density at radius 3 is 1.92 bits per heavy atom. The summed E-state index contributed by atoms with van der Waals surface area (Å²) in [6, 6.07) is 7.60. The fourth-order valence-corrected chi connectivity index (χ4v) is 4.79. The fraction of sp³-hybridized carbons (Fsp3) is 0.758. The molecular formula is C33H54O4. The van der Waals surface area contributed by atoms with Crippen molar-refractivity contribution in [1.29, 1.82) is 0 Å². The molecule has 2 atom stereocenters. The zero-order chi connectivity index (χ0) is 26.2.